The van der Waals surface area contributed by atoms with Crippen molar-refractivity contribution in [1.82, 2.24) is 0 Å². The zero-order valence-electron chi connectivity index (χ0n) is 12.0. The first-order valence-electron chi connectivity index (χ1n) is 6.86. The van der Waals surface area contributed by atoms with Crippen LogP contribution < -0.4 is 5.32 Å². The number of ether oxygens (including phenoxy) is 1. The van der Waals surface area contributed by atoms with Gasteiger partial charge in [-0.25, -0.2) is 4.79 Å². The van der Waals surface area contributed by atoms with Crippen molar-refractivity contribution in [3.8, 4) is 6.07 Å². The van der Waals surface area contributed by atoms with E-state index in [0.717, 1.165) is 10.5 Å². The molecule has 2 aromatic carbocycles. The molecule has 0 atom stereocenters. The first-order valence-corrected chi connectivity index (χ1v) is 7.84. The van der Waals surface area contributed by atoms with E-state index in [1.54, 1.807) is 0 Å². The molecule has 0 aromatic heterocycles. The summed E-state index contributed by atoms with van der Waals surface area (Å²) in [6, 6.07) is 19.1. The molecule has 5 heteroatoms. The monoisotopic (exact) mass is 312 g/mol. The standard InChI is InChI=1S/C17H16N2O2S/c18-11-6-12-22-16-10-5-4-9-15(16)19-17(20)21-13-14-7-2-1-3-8-14/h1-5,7-10H,6,12-13H2,(H,19,20). The van der Waals surface area contributed by atoms with Gasteiger partial charge in [0.15, 0.2) is 0 Å². The molecular formula is C17H16N2O2S. The topological polar surface area (TPSA) is 62.1 Å². The maximum Gasteiger partial charge on any atom is 0.411 e. The number of thioether (sulfide) groups is 1. The van der Waals surface area contributed by atoms with Gasteiger partial charge in [0, 0.05) is 17.1 Å². The predicted molar refractivity (Wildman–Crippen MR) is 87.6 cm³/mol. The highest BCUT2D eigenvalue weighted by Crippen LogP contribution is 2.27. The Labute approximate surface area is 134 Å². The second kappa shape index (κ2) is 8.75. The summed E-state index contributed by atoms with van der Waals surface area (Å²) in [6.45, 7) is 0.233. The number of nitrogens with one attached hydrogen (secondary N) is 1. The number of carbonyl (C=O) groups excluding carboxylic acids is 1. The van der Waals surface area contributed by atoms with Crippen molar-refractivity contribution in [2.45, 2.75) is 17.9 Å². The molecule has 0 saturated heterocycles. The van der Waals surface area contributed by atoms with Crippen LogP contribution in [-0.4, -0.2) is 11.8 Å². The lowest BCUT2D eigenvalue weighted by Crippen LogP contribution is -2.14. The van der Waals surface area contributed by atoms with Crippen LogP contribution in [0.5, 0.6) is 0 Å². The van der Waals surface area contributed by atoms with Gasteiger partial charge in [-0.05, 0) is 17.7 Å². The van der Waals surface area contributed by atoms with E-state index in [9.17, 15) is 4.79 Å². The lowest BCUT2D eigenvalue weighted by atomic mass is 10.2. The van der Waals surface area contributed by atoms with Gasteiger partial charge in [0.1, 0.15) is 6.61 Å². The first kappa shape index (κ1) is 15.9. The summed E-state index contributed by atoms with van der Waals surface area (Å²) in [5, 5.41) is 11.3. The first-order chi connectivity index (χ1) is 10.8. The third kappa shape index (κ3) is 5.15. The zero-order valence-corrected chi connectivity index (χ0v) is 12.8. The van der Waals surface area contributed by atoms with Crippen molar-refractivity contribution >= 4 is 23.5 Å². The molecule has 0 heterocycles. The van der Waals surface area contributed by atoms with E-state index < -0.39 is 6.09 Å². The summed E-state index contributed by atoms with van der Waals surface area (Å²) in [5.74, 6) is 0.689. The van der Waals surface area contributed by atoms with Crippen LogP contribution in [0.15, 0.2) is 59.5 Å². The van der Waals surface area contributed by atoms with Gasteiger partial charge < -0.3 is 4.74 Å². The fraction of sp³-hybridized carbons (Fsp3) is 0.176. The normalized spacial score (nSPS) is 9.77. The van der Waals surface area contributed by atoms with Gasteiger partial charge in [0.05, 0.1) is 11.8 Å². The Morgan fingerprint density at radius 3 is 2.64 bits per heavy atom. The van der Waals surface area contributed by atoms with Crippen molar-refractivity contribution in [3.63, 3.8) is 0 Å². The summed E-state index contributed by atoms with van der Waals surface area (Å²) >= 11 is 1.54. The average molecular weight is 312 g/mol. The SMILES string of the molecule is N#CCCSc1ccccc1NC(=O)OCc1ccccc1. The van der Waals surface area contributed by atoms with E-state index in [1.165, 1.54) is 11.8 Å². The molecule has 0 aliphatic rings. The highest BCUT2D eigenvalue weighted by Gasteiger charge is 2.08. The van der Waals surface area contributed by atoms with Crippen LogP contribution in [0.2, 0.25) is 0 Å². The van der Waals surface area contributed by atoms with Crippen LogP contribution in [0.4, 0.5) is 10.5 Å². The number of amides is 1. The average Bonchev–Trinajstić information content (AvgIpc) is 2.56. The summed E-state index contributed by atoms with van der Waals surface area (Å²) in [7, 11) is 0. The van der Waals surface area contributed by atoms with E-state index in [-0.39, 0.29) is 6.61 Å². The molecule has 1 amide bonds. The number of benzene rings is 2. The Bertz CT molecular complexity index is 653. The molecule has 0 aliphatic heterocycles. The van der Waals surface area contributed by atoms with E-state index >= 15 is 0 Å². The summed E-state index contributed by atoms with van der Waals surface area (Å²) < 4.78 is 5.20. The molecule has 22 heavy (non-hydrogen) atoms. The summed E-state index contributed by atoms with van der Waals surface area (Å²) in [4.78, 5) is 12.8. The number of anilines is 1. The summed E-state index contributed by atoms with van der Waals surface area (Å²) in [6.07, 6.45) is -0.0190. The second-order valence-corrected chi connectivity index (χ2v) is 5.58. The van der Waals surface area contributed by atoms with Crippen LogP contribution >= 0.6 is 11.8 Å². The molecule has 0 saturated carbocycles. The van der Waals surface area contributed by atoms with Gasteiger partial charge in [0.2, 0.25) is 0 Å². The van der Waals surface area contributed by atoms with Crippen LogP contribution in [0.1, 0.15) is 12.0 Å². The molecule has 0 bridgehead atoms. The van der Waals surface area contributed by atoms with Gasteiger partial charge in [-0.3, -0.25) is 5.32 Å². The number of nitrogens with zero attached hydrogens (tertiary/aromatic N) is 1. The third-order valence-electron chi connectivity index (χ3n) is 2.81. The minimum atomic E-state index is -0.489. The van der Waals surface area contributed by atoms with Crippen molar-refractivity contribution in [2.75, 3.05) is 11.1 Å². The van der Waals surface area contributed by atoms with Crippen LogP contribution in [0.25, 0.3) is 0 Å². The zero-order chi connectivity index (χ0) is 15.6. The lowest BCUT2D eigenvalue weighted by Gasteiger charge is -2.10. The minimum Gasteiger partial charge on any atom is -0.444 e. The van der Waals surface area contributed by atoms with Crippen LogP contribution in [0.3, 0.4) is 0 Å². The molecule has 0 fully saturated rings. The van der Waals surface area contributed by atoms with Gasteiger partial charge in [-0.1, -0.05) is 42.5 Å². The largest absolute Gasteiger partial charge is 0.444 e. The lowest BCUT2D eigenvalue weighted by molar-refractivity contribution is 0.155. The number of carbonyl (C=O) groups is 1. The van der Waals surface area contributed by atoms with E-state index in [1.807, 2.05) is 54.6 Å². The molecule has 0 unspecified atom stereocenters. The number of hydrogen-bond acceptors (Lipinski definition) is 4. The maximum absolute atomic E-state index is 11.9. The van der Waals surface area contributed by atoms with Crippen LogP contribution in [0, 0.1) is 11.3 Å². The van der Waals surface area contributed by atoms with Gasteiger partial charge in [-0.2, -0.15) is 5.26 Å². The molecule has 4 nitrogen and oxygen atoms in total. The Balaban J connectivity index is 1.89. The highest BCUT2D eigenvalue weighted by molar-refractivity contribution is 7.99. The van der Waals surface area contributed by atoms with Gasteiger partial charge in [-0.15, -0.1) is 11.8 Å². The fourth-order valence-corrected chi connectivity index (χ4v) is 2.63. The molecule has 0 aliphatic carbocycles. The minimum absolute atomic E-state index is 0.233. The number of nitriles is 1. The molecule has 2 rings (SSSR count). The Morgan fingerprint density at radius 2 is 1.86 bits per heavy atom. The molecule has 1 N–H and O–H groups in total. The van der Waals surface area contributed by atoms with Crippen molar-refractivity contribution < 1.29 is 9.53 Å². The highest BCUT2D eigenvalue weighted by atomic mass is 32.2. The van der Waals surface area contributed by atoms with E-state index in [4.69, 9.17) is 10.00 Å². The number of rotatable bonds is 6. The third-order valence-corrected chi connectivity index (χ3v) is 3.88. The van der Waals surface area contributed by atoms with E-state index in [0.29, 0.717) is 17.9 Å². The maximum atomic E-state index is 11.9. The fourth-order valence-electron chi connectivity index (χ4n) is 1.77. The van der Waals surface area contributed by atoms with Crippen molar-refractivity contribution in [3.05, 3.63) is 60.2 Å². The van der Waals surface area contributed by atoms with Gasteiger partial charge >= 0.3 is 6.09 Å². The second-order valence-electron chi connectivity index (χ2n) is 4.44. The van der Waals surface area contributed by atoms with Crippen LogP contribution in [-0.2, 0) is 11.3 Å². The molecular weight excluding hydrogens is 296 g/mol. The Hall–Kier alpha value is -2.45. The quantitative estimate of drug-likeness (QED) is 0.632. The molecule has 112 valence electrons. The number of para-hydroxylation sites is 1. The molecule has 2 aromatic rings. The van der Waals surface area contributed by atoms with E-state index in [2.05, 4.69) is 11.4 Å². The Kier molecular flexibility index (Phi) is 6.34. The van der Waals surface area contributed by atoms with Crippen molar-refractivity contribution in [2.24, 2.45) is 0 Å². The molecule has 0 spiro atoms. The summed E-state index contributed by atoms with van der Waals surface area (Å²) in [5.41, 5.74) is 1.64. The van der Waals surface area contributed by atoms with Crippen molar-refractivity contribution in [1.29, 1.82) is 5.26 Å². The predicted octanol–water partition coefficient (Wildman–Crippen LogP) is 4.44. The Morgan fingerprint density at radius 1 is 1.14 bits per heavy atom. The molecule has 0 radical (unpaired) electrons. The van der Waals surface area contributed by atoms with Gasteiger partial charge in [0.25, 0.3) is 0 Å². The smallest absolute Gasteiger partial charge is 0.411 e. The number of hydrogen-bond donors (Lipinski definition) is 1.